The second kappa shape index (κ2) is 6.03. The highest BCUT2D eigenvalue weighted by atomic mass is 15.1. The van der Waals surface area contributed by atoms with Gasteiger partial charge in [-0.1, -0.05) is 34.6 Å². The summed E-state index contributed by atoms with van der Waals surface area (Å²) < 4.78 is 0. The molecule has 1 heterocycles. The number of nitrogens with one attached hydrogen (secondary N) is 2. The van der Waals surface area contributed by atoms with Gasteiger partial charge < -0.3 is 10.6 Å². The van der Waals surface area contributed by atoms with E-state index in [9.17, 15) is 0 Å². The van der Waals surface area contributed by atoms with E-state index in [0.717, 1.165) is 30.5 Å². The summed E-state index contributed by atoms with van der Waals surface area (Å²) in [6.07, 6.45) is 0. The first-order valence-electron chi connectivity index (χ1n) is 6.70. The first-order valence-corrected chi connectivity index (χ1v) is 6.70. The van der Waals surface area contributed by atoms with Gasteiger partial charge in [0, 0.05) is 24.6 Å². The van der Waals surface area contributed by atoms with E-state index in [0.29, 0.717) is 5.92 Å². The van der Waals surface area contributed by atoms with E-state index in [-0.39, 0.29) is 5.41 Å². The Morgan fingerprint density at radius 1 is 1.11 bits per heavy atom. The maximum Gasteiger partial charge on any atom is 0.138 e. The molecule has 0 saturated heterocycles. The number of hydrogen-bond donors (Lipinski definition) is 2. The SMILES string of the molecule is CCNc1cc(NCC(C)C)nc(C(C)(C)C)n1. The summed E-state index contributed by atoms with van der Waals surface area (Å²) in [7, 11) is 0. The third-order valence-electron chi connectivity index (χ3n) is 2.45. The van der Waals surface area contributed by atoms with Crippen LogP contribution in [-0.4, -0.2) is 23.1 Å². The molecule has 0 fully saturated rings. The average molecular weight is 250 g/mol. The molecule has 0 aliphatic carbocycles. The van der Waals surface area contributed by atoms with Crippen LogP contribution in [-0.2, 0) is 5.41 Å². The van der Waals surface area contributed by atoms with Crippen molar-refractivity contribution in [2.45, 2.75) is 47.0 Å². The van der Waals surface area contributed by atoms with Crippen LogP contribution in [0.1, 0.15) is 47.4 Å². The van der Waals surface area contributed by atoms with Gasteiger partial charge in [0.2, 0.25) is 0 Å². The Kier molecular flexibility index (Phi) is 4.93. The molecule has 18 heavy (non-hydrogen) atoms. The van der Waals surface area contributed by atoms with E-state index in [4.69, 9.17) is 0 Å². The highest BCUT2D eigenvalue weighted by molar-refractivity contribution is 5.48. The lowest BCUT2D eigenvalue weighted by Gasteiger charge is -2.19. The fraction of sp³-hybridized carbons (Fsp3) is 0.714. The van der Waals surface area contributed by atoms with Crippen molar-refractivity contribution in [3.63, 3.8) is 0 Å². The van der Waals surface area contributed by atoms with Crippen molar-refractivity contribution < 1.29 is 0 Å². The Hall–Kier alpha value is -1.32. The Bertz CT molecular complexity index is 380. The molecule has 0 unspecified atom stereocenters. The van der Waals surface area contributed by atoms with Crippen LogP contribution >= 0.6 is 0 Å². The Balaban J connectivity index is 2.98. The van der Waals surface area contributed by atoms with Gasteiger partial charge in [0.15, 0.2) is 0 Å². The molecule has 102 valence electrons. The minimum atomic E-state index is -0.0420. The van der Waals surface area contributed by atoms with Crippen molar-refractivity contribution in [1.82, 2.24) is 9.97 Å². The molecule has 1 rings (SSSR count). The van der Waals surface area contributed by atoms with E-state index in [2.05, 4.69) is 62.1 Å². The number of hydrogen-bond acceptors (Lipinski definition) is 4. The predicted molar refractivity (Wildman–Crippen MR) is 78.2 cm³/mol. The molecule has 0 aromatic carbocycles. The van der Waals surface area contributed by atoms with Crippen LogP contribution in [0.3, 0.4) is 0 Å². The van der Waals surface area contributed by atoms with Crippen molar-refractivity contribution >= 4 is 11.6 Å². The molecule has 0 saturated carbocycles. The Morgan fingerprint density at radius 2 is 1.67 bits per heavy atom. The largest absolute Gasteiger partial charge is 0.370 e. The summed E-state index contributed by atoms with van der Waals surface area (Å²) in [5.41, 5.74) is -0.0420. The summed E-state index contributed by atoms with van der Waals surface area (Å²) in [6.45, 7) is 14.6. The summed E-state index contributed by atoms with van der Waals surface area (Å²) >= 11 is 0. The predicted octanol–water partition coefficient (Wildman–Crippen LogP) is 3.27. The summed E-state index contributed by atoms with van der Waals surface area (Å²) in [5, 5.41) is 6.62. The summed E-state index contributed by atoms with van der Waals surface area (Å²) in [4.78, 5) is 9.16. The van der Waals surface area contributed by atoms with E-state index in [1.165, 1.54) is 0 Å². The molecule has 0 aliphatic rings. The second-order valence-corrected chi connectivity index (χ2v) is 6.02. The van der Waals surface area contributed by atoms with Gasteiger partial charge in [0.1, 0.15) is 17.5 Å². The maximum absolute atomic E-state index is 4.60. The lowest BCUT2D eigenvalue weighted by Crippen LogP contribution is -2.19. The van der Waals surface area contributed by atoms with Gasteiger partial charge in [0.25, 0.3) is 0 Å². The molecule has 4 nitrogen and oxygen atoms in total. The van der Waals surface area contributed by atoms with Crippen molar-refractivity contribution in [2.75, 3.05) is 23.7 Å². The molecular weight excluding hydrogens is 224 g/mol. The fourth-order valence-corrected chi connectivity index (χ4v) is 1.45. The van der Waals surface area contributed by atoms with Gasteiger partial charge in [-0.25, -0.2) is 9.97 Å². The molecule has 1 aromatic rings. The second-order valence-electron chi connectivity index (χ2n) is 6.02. The quantitative estimate of drug-likeness (QED) is 0.842. The van der Waals surface area contributed by atoms with Crippen molar-refractivity contribution in [2.24, 2.45) is 5.92 Å². The molecular formula is C14H26N4. The van der Waals surface area contributed by atoms with Crippen LogP contribution in [0.25, 0.3) is 0 Å². The van der Waals surface area contributed by atoms with Crippen LogP contribution < -0.4 is 10.6 Å². The maximum atomic E-state index is 4.60. The lowest BCUT2D eigenvalue weighted by atomic mass is 9.96. The third kappa shape index (κ3) is 4.51. The van der Waals surface area contributed by atoms with Gasteiger partial charge in [-0.15, -0.1) is 0 Å². The average Bonchev–Trinajstić information content (AvgIpc) is 2.25. The van der Waals surface area contributed by atoms with Crippen LogP contribution in [0, 0.1) is 5.92 Å². The minimum absolute atomic E-state index is 0.0420. The van der Waals surface area contributed by atoms with Crippen LogP contribution in [0.2, 0.25) is 0 Å². The number of rotatable bonds is 5. The molecule has 2 N–H and O–H groups in total. The monoisotopic (exact) mass is 250 g/mol. The van der Waals surface area contributed by atoms with Gasteiger partial charge >= 0.3 is 0 Å². The molecule has 0 spiro atoms. The molecule has 0 amide bonds. The van der Waals surface area contributed by atoms with E-state index in [1.54, 1.807) is 0 Å². The summed E-state index contributed by atoms with van der Waals surface area (Å²) in [6, 6.07) is 1.97. The fourth-order valence-electron chi connectivity index (χ4n) is 1.45. The number of aromatic nitrogens is 2. The van der Waals surface area contributed by atoms with Gasteiger partial charge in [-0.2, -0.15) is 0 Å². The molecule has 0 bridgehead atoms. The Morgan fingerprint density at radius 3 is 2.11 bits per heavy atom. The molecule has 1 aromatic heterocycles. The highest BCUT2D eigenvalue weighted by Gasteiger charge is 2.19. The third-order valence-corrected chi connectivity index (χ3v) is 2.45. The molecule has 0 radical (unpaired) electrons. The van der Waals surface area contributed by atoms with Gasteiger partial charge in [-0.3, -0.25) is 0 Å². The van der Waals surface area contributed by atoms with E-state index < -0.39 is 0 Å². The minimum Gasteiger partial charge on any atom is -0.370 e. The van der Waals surface area contributed by atoms with Gasteiger partial charge in [-0.05, 0) is 12.8 Å². The molecule has 0 aliphatic heterocycles. The van der Waals surface area contributed by atoms with Crippen LogP contribution in [0.5, 0.6) is 0 Å². The first kappa shape index (κ1) is 14.7. The number of nitrogens with zero attached hydrogens (tertiary/aromatic N) is 2. The highest BCUT2D eigenvalue weighted by Crippen LogP contribution is 2.22. The van der Waals surface area contributed by atoms with E-state index in [1.807, 2.05) is 6.07 Å². The van der Waals surface area contributed by atoms with Crippen LogP contribution in [0.15, 0.2) is 6.07 Å². The van der Waals surface area contributed by atoms with E-state index >= 15 is 0 Å². The molecule has 4 heteroatoms. The van der Waals surface area contributed by atoms with Crippen molar-refractivity contribution in [3.8, 4) is 0 Å². The topological polar surface area (TPSA) is 49.8 Å². The zero-order valence-electron chi connectivity index (χ0n) is 12.5. The normalized spacial score (nSPS) is 11.7. The van der Waals surface area contributed by atoms with Crippen molar-refractivity contribution in [1.29, 1.82) is 0 Å². The van der Waals surface area contributed by atoms with Crippen LogP contribution in [0.4, 0.5) is 11.6 Å². The molecule has 0 atom stereocenters. The zero-order chi connectivity index (χ0) is 13.8. The van der Waals surface area contributed by atoms with Gasteiger partial charge in [0.05, 0.1) is 0 Å². The standard InChI is InChI=1S/C14H26N4/c1-7-15-11-8-12(16-9-10(2)3)18-13(17-11)14(4,5)6/h8,10H,7,9H2,1-6H3,(H2,15,16,17,18). The number of anilines is 2. The Labute approximate surface area is 111 Å². The zero-order valence-corrected chi connectivity index (χ0v) is 12.5. The first-order chi connectivity index (χ1) is 8.32. The summed E-state index contributed by atoms with van der Waals surface area (Å²) in [5.74, 6) is 3.26. The van der Waals surface area contributed by atoms with Crippen molar-refractivity contribution in [3.05, 3.63) is 11.9 Å². The smallest absolute Gasteiger partial charge is 0.138 e. The lowest BCUT2D eigenvalue weighted by molar-refractivity contribution is 0.546.